The molecule has 0 aromatic rings. The molecule has 0 saturated carbocycles. The predicted octanol–water partition coefficient (Wildman–Crippen LogP) is -0.188. The summed E-state index contributed by atoms with van der Waals surface area (Å²) in [5.41, 5.74) is 0. The average molecular weight is 166 g/mol. The average Bonchev–Trinajstić information content (AvgIpc) is 1.89. The summed E-state index contributed by atoms with van der Waals surface area (Å²) in [4.78, 5) is 10.0. The highest BCUT2D eigenvalue weighted by atomic mass is 32.2. The van der Waals surface area contributed by atoms with Crippen LogP contribution in [-0.4, -0.2) is 34.0 Å². The van der Waals surface area contributed by atoms with Gasteiger partial charge in [-0.1, -0.05) is 0 Å². The lowest BCUT2D eigenvalue weighted by Gasteiger charge is -2.02. The molecule has 2 unspecified atom stereocenters. The summed E-state index contributed by atoms with van der Waals surface area (Å²) in [5, 5.41) is -0.806. The van der Waals surface area contributed by atoms with Gasteiger partial charge in [0.15, 0.2) is 11.1 Å². The Morgan fingerprint density at radius 2 is 2.40 bits per heavy atom. The van der Waals surface area contributed by atoms with Crippen molar-refractivity contribution in [1.29, 1.82) is 0 Å². The fourth-order valence-electron chi connectivity index (χ4n) is 0.450. The van der Waals surface area contributed by atoms with Gasteiger partial charge < -0.3 is 14.1 Å². The van der Waals surface area contributed by atoms with Gasteiger partial charge in [0.25, 0.3) is 0 Å². The van der Waals surface area contributed by atoms with E-state index in [9.17, 15) is 9.00 Å². The summed E-state index contributed by atoms with van der Waals surface area (Å²) in [6.45, 7) is 0.329. The van der Waals surface area contributed by atoms with Crippen molar-refractivity contribution in [3.8, 4) is 0 Å². The van der Waals surface area contributed by atoms with Gasteiger partial charge in [0.2, 0.25) is 0 Å². The van der Waals surface area contributed by atoms with E-state index in [1.807, 2.05) is 0 Å². The summed E-state index contributed by atoms with van der Waals surface area (Å²) in [7, 11) is 1.47. The van der Waals surface area contributed by atoms with E-state index in [1.165, 1.54) is 7.11 Å². The van der Waals surface area contributed by atoms with Gasteiger partial charge in [0.05, 0.1) is 0 Å². The van der Waals surface area contributed by atoms with Gasteiger partial charge in [-0.25, -0.2) is 4.21 Å². The lowest BCUT2D eigenvalue weighted by Crippen LogP contribution is -2.17. The van der Waals surface area contributed by atoms with Crippen LogP contribution in [0.5, 0.6) is 0 Å². The topological polar surface area (TPSA) is 63.6 Å². The van der Waals surface area contributed by atoms with Crippen molar-refractivity contribution in [2.45, 2.75) is 11.7 Å². The largest absolute Gasteiger partial charge is 0.385 e. The zero-order valence-electron chi connectivity index (χ0n) is 5.65. The number of hydrogen-bond donors (Lipinski definition) is 1. The molecule has 0 amide bonds. The molecule has 0 fully saturated rings. The second kappa shape index (κ2) is 5.52. The monoisotopic (exact) mass is 166 g/mol. The van der Waals surface area contributed by atoms with E-state index >= 15 is 0 Å². The lowest BCUT2D eigenvalue weighted by atomic mass is 10.3. The van der Waals surface area contributed by atoms with E-state index in [4.69, 9.17) is 4.55 Å². The molecule has 0 spiro atoms. The molecule has 0 aromatic heterocycles. The van der Waals surface area contributed by atoms with Crippen LogP contribution in [0.3, 0.4) is 0 Å². The van der Waals surface area contributed by atoms with Gasteiger partial charge in [-0.05, 0) is 6.42 Å². The first kappa shape index (κ1) is 9.74. The molecule has 10 heavy (non-hydrogen) atoms. The van der Waals surface area contributed by atoms with Crippen molar-refractivity contribution < 1.29 is 18.3 Å². The SMILES string of the molecule is COCCC(C=O)S(=O)O. The van der Waals surface area contributed by atoms with Gasteiger partial charge in [0, 0.05) is 13.7 Å². The summed E-state index contributed by atoms with van der Waals surface area (Å²) in [6.07, 6.45) is 0.762. The van der Waals surface area contributed by atoms with Crippen LogP contribution in [0, 0.1) is 0 Å². The quantitative estimate of drug-likeness (QED) is 0.454. The molecule has 4 nitrogen and oxygen atoms in total. The van der Waals surface area contributed by atoms with Crippen LogP contribution in [0.4, 0.5) is 0 Å². The first-order chi connectivity index (χ1) is 4.72. The number of aldehydes is 1. The van der Waals surface area contributed by atoms with Crippen molar-refractivity contribution in [2.24, 2.45) is 0 Å². The van der Waals surface area contributed by atoms with Crippen LogP contribution in [0.2, 0.25) is 0 Å². The standard InChI is InChI=1S/C5H10O4S/c1-9-3-2-5(4-6)10(7)8/h4-5H,2-3H2,1H3,(H,7,8). The van der Waals surface area contributed by atoms with Crippen molar-refractivity contribution in [1.82, 2.24) is 0 Å². The number of carbonyl (C=O) groups is 1. The van der Waals surface area contributed by atoms with E-state index < -0.39 is 16.3 Å². The van der Waals surface area contributed by atoms with Crippen molar-refractivity contribution in [3.05, 3.63) is 0 Å². The molecule has 1 N–H and O–H groups in total. The molecule has 0 aliphatic rings. The molecule has 0 saturated heterocycles. The number of carbonyl (C=O) groups excluding carboxylic acids is 1. The number of ether oxygens (including phenoxy) is 1. The first-order valence-electron chi connectivity index (χ1n) is 2.76. The highest BCUT2D eigenvalue weighted by Gasteiger charge is 2.12. The van der Waals surface area contributed by atoms with Gasteiger partial charge in [0.1, 0.15) is 11.5 Å². The Kier molecular flexibility index (Phi) is 5.38. The van der Waals surface area contributed by atoms with Crippen molar-refractivity contribution >= 4 is 17.4 Å². The fourth-order valence-corrected chi connectivity index (χ4v) is 0.843. The number of hydrogen-bond acceptors (Lipinski definition) is 3. The van der Waals surface area contributed by atoms with E-state index in [0.717, 1.165) is 0 Å². The molecule has 5 heteroatoms. The zero-order valence-corrected chi connectivity index (χ0v) is 6.47. The third-order valence-electron chi connectivity index (χ3n) is 1.02. The lowest BCUT2D eigenvalue weighted by molar-refractivity contribution is -0.107. The van der Waals surface area contributed by atoms with Crippen LogP contribution in [-0.2, 0) is 20.6 Å². The minimum Gasteiger partial charge on any atom is -0.385 e. The summed E-state index contributed by atoms with van der Waals surface area (Å²) < 4.78 is 23.3. The molecule has 0 aliphatic carbocycles. The Hall–Kier alpha value is -0.260. The Balaban J connectivity index is 3.60. The molecule has 2 atom stereocenters. The Bertz CT molecular complexity index is 125. The van der Waals surface area contributed by atoms with E-state index in [0.29, 0.717) is 19.3 Å². The van der Waals surface area contributed by atoms with Crippen molar-refractivity contribution in [3.63, 3.8) is 0 Å². The zero-order chi connectivity index (χ0) is 7.98. The second-order valence-corrected chi connectivity index (χ2v) is 2.89. The molecule has 0 radical (unpaired) electrons. The van der Waals surface area contributed by atoms with Crippen LogP contribution in [0.15, 0.2) is 0 Å². The van der Waals surface area contributed by atoms with Gasteiger partial charge >= 0.3 is 0 Å². The van der Waals surface area contributed by atoms with Gasteiger partial charge in [-0.15, -0.1) is 0 Å². The molecular weight excluding hydrogens is 156 g/mol. The maximum atomic E-state index is 10.3. The smallest absolute Gasteiger partial charge is 0.163 e. The minimum atomic E-state index is -2.05. The Labute approximate surface area is 61.9 Å². The summed E-state index contributed by atoms with van der Waals surface area (Å²) in [5.74, 6) is 0. The minimum absolute atomic E-state index is 0.295. The maximum absolute atomic E-state index is 10.3. The fraction of sp³-hybridized carbons (Fsp3) is 0.800. The Morgan fingerprint density at radius 3 is 2.70 bits per heavy atom. The molecule has 0 aromatic carbocycles. The number of rotatable bonds is 5. The van der Waals surface area contributed by atoms with Crippen LogP contribution < -0.4 is 0 Å². The molecule has 60 valence electrons. The summed E-state index contributed by atoms with van der Waals surface area (Å²) >= 11 is -2.05. The molecule has 0 heterocycles. The predicted molar refractivity (Wildman–Crippen MR) is 37.1 cm³/mol. The van der Waals surface area contributed by atoms with Crippen LogP contribution in [0.1, 0.15) is 6.42 Å². The maximum Gasteiger partial charge on any atom is 0.163 e. The third-order valence-corrected chi connectivity index (χ3v) is 1.88. The van der Waals surface area contributed by atoms with E-state index in [1.54, 1.807) is 0 Å². The first-order valence-corrected chi connectivity index (χ1v) is 3.93. The van der Waals surface area contributed by atoms with Gasteiger partial charge in [-0.2, -0.15) is 0 Å². The van der Waals surface area contributed by atoms with E-state index in [-0.39, 0.29) is 0 Å². The highest BCUT2D eigenvalue weighted by Crippen LogP contribution is 1.95. The normalized spacial score (nSPS) is 16.2. The van der Waals surface area contributed by atoms with Crippen LogP contribution in [0.25, 0.3) is 0 Å². The van der Waals surface area contributed by atoms with Crippen molar-refractivity contribution in [2.75, 3.05) is 13.7 Å². The Morgan fingerprint density at radius 1 is 1.80 bits per heavy atom. The highest BCUT2D eigenvalue weighted by molar-refractivity contribution is 7.80. The molecule has 0 rings (SSSR count). The molecule has 0 bridgehead atoms. The number of methoxy groups -OCH3 is 1. The third kappa shape index (κ3) is 3.71. The van der Waals surface area contributed by atoms with Crippen LogP contribution >= 0.6 is 0 Å². The second-order valence-electron chi connectivity index (χ2n) is 1.73. The van der Waals surface area contributed by atoms with E-state index in [2.05, 4.69) is 4.74 Å². The molecular formula is C5H10O4S. The molecule has 0 aliphatic heterocycles. The van der Waals surface area contributed by atoms with Gasteiger partial charge in [-0.3, -0.25) is 0 Å². The summed E-state index contributed by atoms with van der Waals surface area (Å²) in [6, 6.07) is 0.